The molecule has 0 spiro atoms. The molecule has 0 amide bonds. The summed E-state index contributed by atoms with van der Waals surface area (Å²) in [5, 5.41) is 35.9. The van der Waals surface area contributed by atoms with Crippen LogP contribution in [0.25, 0.3) is 5.73 Å². The van der Waals surface area contributed by atoms with E-state index in [2.05, 4.69) is 15.1 Å². The van der Waals surface area contributed by atoms with Crippen molar-refractivity contribution in [1.82, 2.24) is 5.48 Å². The number of ketones is 1. The zero-order chi connectivity index (χ0) is 18.6. The van der Waals surface area contributed by atoms with Gasteiger partial charge in [0.1, 0.15) is 18.5 Å². The molecule has 6 atom stereocenters. The van der Waals surface area contributed by atoms with E-state index in [1.807, 2.05) is 20.8 Å². The van der Waals surface area contributed by atoms with Crippen LogP contribution in [-0.2, 0) is 14.4 Å². The molecule has 1 aliphatic heterocycles. The van der Waals surface area contributed by atoms with Gasteiger partial charge in [0.2, 0.25) is 0 Å². The molecule has 6 N–H and O–H groups in total. The van der Waals surface area contributed by atoms with Gasteiger partial charge in [-0.25, -0.2) is 0 Å². The van der Waals surface area contributed by atoms with Gasteiger partial charge in [0, 0.05) is 50.5 Å². The van der Waals surface area contributed by atoms with Crippen LogP contribution in [0.15, 0.2) is 0 Å². The van der Waals surface area contributed by atoms with Crippen molar-refractivity contribution >= 4 is 5.78 Å². The molecular formula is C14H31AcN2O7-. The normalized spacial score (nSPS) is 29.8. The van der Waals surface area contributed by atoms with Gasteiger partial charge < -0.3 is 35.7 Å². The van der Waals surface area contributed by atoms with Gasteiger partial charge in [-0.1, -0.05) is 26.8 Å². The monoisotopic (exact) mass is 566 g/mol. The topological polar surface area (TPSA) is 152 Å². The zero-order valence-corrected chi connectivity index (χ0v) is 19.7. The maximum Gasteiger partial charge on any atom is 0.151 e. The predicted molar refractivity (Wildman–Crippen MR) is 84.3 cm³/mol. The minimum atomic E-state index is -1.46. The molecular weight excluding hydrogens is 535 g/mol. The molecule has 9 nitrogen and oxygen atoms in total. The minimum absolute atomic E-state index is 0. The van der Waals surface area contributed by atoms with Crippen molar-refractivity contribution in [2.75, 3.05) is 13.7 Å². The van der Waals surface area contributed by atoms with E-state index in [0.717, 1.165) is 0 Å². The van der Waals surface area contributed by atoms with E-state index in [1.54, 1.807) is 6.92 Å². The molecule has 1 heterocycles. The third-order valence-electron chi connectivity index (χ3n) is 3.03. The van der Waals surface area contributed by atoms with E-state index in [4.69, 9.17) is 26.2 Å². The molecule has 1 radical (unpaired) electrons. The van der Waals surface area contributed by atoms with Crippen LogP contribution in [0.1, 0.15) is 34.1 Å². The Labute approximate surface area is 179 Å². The van der Waals surface area contributed by atoms with Gasteiger partial charge >= 0.3 is 0 Å². The summed E-state index contributed by atoms with van der Waals surface area (Å²) in [6, 6.07) is -1.47. The van der Waals surface area contributed by atoms with Gasteiger partial charge in [0.05, 0.1) is 25.9 Å². The number of hydrogen-bond acceptors (Lipinski definition) is 8. The van der Waals surface area contributed by atoms with Gasteiger partial charge in [-0.3, -0.25) is 4.79 Å². The second kappa shape index (κ2) is 17.2. The number of carbonyl (C=O) groups is 1. The minimum Gasteiger partial charge on any atom is -0.668 e. The molecule has 1 aliphatic rings. The third kappa shape index (κ3) is 10.7. The van der Waals surface area contributed by atoms with Crippen molar-refractivity contribution < 1.29 is 78.9 Å². The summed E-state index contributed by atoms with van der Waals surface area (Å²) in [5.74, 6) is 0.164. The molecule has 24 heavy (non-hydrogen) atoms. The van der Waals surface area contributed by atoms with Crippen LogP contribution in [0.3, 0.4) is 0 Å². The Kier molecular flexibility index (Phi) is 21.2. The summed E-state index contributed by atoms with van der Waals surface area (Å²) in [4.78, 5) is 15.3. The Morgan fingerprint density at radius 3 is 2.17 bits per heavy atom. The fraction of sp³-hybridized carbons (Fsp3) is 0.929. The van der Waals surface area contributed by atoms with Crippen LogP contribution >= 0.6 is 0 Å². The van der Waals surface area contributed by atoms with Crippen molar-refractivity contribution in [2.45, 2.75) is 70.8 Å². The molecule has 0 aromatic heterocycles. The number of aliphatic hydroxyl groups excluding tert-OH is 4. The predicted octanol–water partition coefficient (Wildman–Crippen LogP) is -0.630. The summed E-state index contributed by atoms with van der Waals surface area (Å²) in [6.07, 6.45) is -4.62. The first-order valence-corrected chi connectivity index (χ1v) is 7.62. The van der Waals surface area contributed by atoms with Gasteiger partial charge in [0.15, 0.2) is 5.78 Å². The van der Waals surface area contributed by atoms with Crippen LogP contribution in [0.4, 0.5) is 0 Å². The first kappa shape index (κ1) is 29.6. The van der Waals surface area contributed by atoms with E-state index in [-0.39, 0.29) is 55.9 Å². The Morgan fingerprint density at radius 1 is 1.29 bits per heavy atom. The number of aliphatic hydroxyl groups is 4. The van der Waals surface area contributed by atoms with Gasteiger partial charge in [-0.05, 0) is 6.92 Å². The number of Topliss-reactive ketones (excluding diaryl/α,β-unsaturated/α-hetero) is 1. The van der Waals surface area contributed by atoms with Crippen LogP contribution in [0.5, 0.6) is 0 Å². The van der Waals surface area contributed by atoms with E-state index in [9.17, 15) is 4.79 Å². The van der Waals surface area contributed by atoms with Gasteiger partial charge in [-0.2, -0.15) is 5.48 Å². The van der Waals surface area contributed by atoms with E-state index >= 15 is 0 Å². The van der Waals surface area contributed by atoms with Crippen molar-refractivity contribution in [1.29, 1.82) is 0 Å². The molecule has 0 saturated carbocycles. The fourth-order valence-electron chi connectivity index (χ4n) is 1.64. The summed E-state index contributed by atoms with van der Waals surface area (Å²) in [6.45, 7) is 7.10. The molecule has 0 aliphatic carbocycles. The van der Waals surface area contributed by atoms with Crippen molar-refractivity contribution in [3.8, 4) is 0 Å². The number of nitrogens with one attached hydrogen (secondary N) is 2. The Hall–Kier alpha value is 0.792. The van der Waals surface area contributed by atoms with E-state index < -0.39 is 37.3 Å². The summed E-state index contributed by atoms with van der Waals surface area (Å²) in [5.41, 5.74) is 9.66. The third-order valence-corrected chi connectivity index (χ3v) is 3.03. The maximum absolute atomic E-state index is 10.8. The second-order valence-corrected chi connectivity index (χ2v) is 4.62. The zero-order valence-electron chi connectivity index (χ0n) is 15.0. The average Bonchev–Trinajstić information content (AvgIpc) is 2.58. The molecule has 6 unspecified atom stereocenters. The van der Waals surface area contributed by atoms with Gasteiger partial charge in [0.25, 0.3) is 0 Å². The molecule has 1 fully saturated rings. The molecule has 1 rings (SSSR count). The quantitative estimate of drug-likeness (QED) is 0.276. The fourth-order valence-corrected chi connectivity index (χ4v) is 1.64. The van der Waals surface area contributed by atoms with Crippen LogP contribution in [-0.4, -0.2) is 76.6 Å². The number of hydrogen-bond donors (Lipinski definition) is 5. The Bertz CT molecular complexity index is 308. The number of ether oxygens (including phenoxy) is 1. The van der Waals surface area contributed by atoms with E-state index in [1.165, 1.54) is 7.11 Å². The summed E-state index contributed by atoms with van der Waals surface area (Å²) in [7, 11) is 1.50. The Morgan fingerprint density at radius 2 is 1.79 bits per heavy atom. The molecule has 10 heteroatoms. The number of rotatable bonds is 5. The van der Waals surface area contributed by atoms with E-state index in [0.29, 0.717) is 6.42 Å². The smallest absolute Gasteiger partial charge is 0.151 e. The van der Waals surface area contributed by atoms with Crippen molar-refractivity contribution in [3.63, 3.8) is 0 Å². The average molecular weight is 566 g/mol. The first-order chi connectivity index (χ1) is 10.8. The molecule has 0 aromatic rings. The SMILES string of the molecule is CC.CCC(=O)C(C)NOC.[Ac].[NH-]C1C(O)OC(CO)C(O)C1O. The first-order valence-electron chi connectivity index (χ1n) is 7.62. The van der Waals surface area contributed by atoms with Crippen LogP contribution in [0.2, 0.25) is 0 Å². The van der Waals surface area contributed by atoms with Crippen molar-refractivity contribution in [2.24, 2.45) is 0 Å². The second-order valence-electron chi connectivity index (χ2n) is 4.62. The Balaban J connectivity index is -0.000000332. The number of hydroxylamine groups is 1. The maximum atomic E-state index is 10.8. The molecule has 1 saturated heterocycles. The summed E-state index contributed by atoms with van der Waals surface area (Å²) < 4.78 is 4.64. The summed E-state index contributed by atoms with van der Waals surface area (Å²) >= 11 is 0. The molecule has 0 bridgehead atoms. The largest absolute Gasteiger partial charge is 0.668 e. The number of carbonyl (C=O) groups excluding carboxylic acids is 1. The van der Waals surface area contributed by atoms with Crippen LogP contribution in [0, 0.1) is 44.1 Å². The molecule has 143 valence electrons. The standard InChI is InChI=1S/C6H12NO5.C6H13NO2.C2H6.Ac/c7-3-5(10)4(9)2(1-8)12-6(3)11;1-4-6(8)5(2)7-9-3;1-2;/h2-11H,1H2;5,7H,4H2,1-3H3;1-2H3;/q-1;;;. The van der Waals surface area contributed by atoms with Gasteiger partial charge in [-0.15, -0.1) is 0 Å². The molecule has 0 aromatic carbocycles. The van der Waals surface area contributed by atoms with Crippen molar-refractivity contribution in [3.05, 3.63) is 5.73 Å². The van der Waals surface area contributed by atoms with Crippen LogP contribution < -0.4 is 5.48 Å².